The monoisotopic (exact) mass is 449 g/mol. The Bertz CT molecular complexity index is 1380. The lowest BCUT2D eigenvalue weighted by atomic mass is 10.1. The topological polar surface area (TPSA) is 85.7 Å². The minimum absolute atomic E-state index is 0.0580. The summed E-state index contributed by atoms with van der Waals surface area (Å²) in [4.78, 5) is 30.8. The van der Waals surface area contributed by atoms with Crippen molar-refractivity contribution in [3.05, 3.63) is 109 Å². The van der Waals surface area contributed by atoms with Crippen LogP contribution in [0.2, 0.25) is 5.02 Å². The van der Waals surface area contributed by atoms with Gasteiger partial charge in [-0.05, 0) is 23.3 Å². The quantitative estimate of drug-likeness (QED) is 0.343. The van der Waals surface area contributed by atoms with Crippen molar-refractivity contribution in [3.8, 4) is 0 Å². The van der Waals surface area contributed by atoms with Crippen molar-refractivity contribution in [2.75, 3.05) is 6.54 Å². The van der Waals surface area contributed by atoms with Gasteiger partial charge < -0.3 is 0 Å². The van der Waals surface area contributed by atoms with E-state index in [0.29, 0.717) is 36.9 Å². The summed E-state index contributed by atoms with van der Waals surface area (Å²) in [5.74, 6) is 0.621. The number of benzene rings is 2. The van der Waals surface area contributed by atoms with E-state index in [1.54, 1.807) is 22.9 Å². The predicted molar refractivity (Wildman–Crippen MR) is 121 cm³/mol. The van der Waals surface area contributed by atoms with E-state index in [2.05, 4.69) is 9.88 Å². The minimum Gasteiger partial charge on any atom is -0.294 e. The Morgan fingerprint density at radius 2 is 1.91 bits per heavy atom. The van der Waals surface area contributed by atoms with Gasteiger partial charge in [-0.25, -0.2) is 4.98 Å². The molecule has 2 aromatic heterocycles. The molecular weight excluding hydrogens is 430 g/mol. The molecule has 0 fully saturated rings. The van der Waals surface area contributed by atoms with Crippen LogP contribution in [0.1, 0.15) is 22.4 Å². The van der Waals surface area contributed by atoms with Crippen LogP contribution in [0.4, 0.5) is 5.69 Å². The maximum atomic E-state index is 13.5. The van der Waals surface area contributed by atoms with Gasteiger partial charge in [0.2, 0.25) is 5.78 Å². The first-order valence-electron chi connectivity index (χ1n) is 10.3. The number of hydrogen-bond acceptors (Lipinski definition) is 5. The smallest absolute Gasteiger partial charge is 0.269 e. The molecule has 162 valence electrons. The molecule has 0 saturated carbocycles. The number of nitro groups is 1. The van der Waals surface area contributed by atoms with Crippen molar-refractivity contribution in [2.45, 2.75) is 26.1 Å². The number of fused-ring (bicyclic) bond motifs is 3. The summed E-state index contributed by atoms with van der Waals surface area (Å²) < 4.78 is 3.69. The predicted octanol–water partition coefficient (Wildman–Crippen LogP) is 3.66. The second-order valence-corrected chi connectivity index (χ2v) is 8.36. The van der Waals surface area contributed by atoms with Crippen molar-refractivity contribution < 1.29 is 4.92 Å². The molecule has 0 unspecified atom stereocenters. The van der Waals surface area contributed by atoms with Crippen molar-refractivity contribution in [3.63, 3.8) is 0 Å². The molecule has 0 amide bonds. The van der Waals surface area contributed by atoms with E-state index in [-0.39, 0.29) is 16.2 Å². The van der Waals surface area contributed by atoms with Gasteiger partial charge in [0.15, 0.2) is 0 Å². The minimum atomic E-state index is -0.389. The third kappa shape index (κ3) is 3.79. The average molecular weight is 450 g/mol. The highest BCUT2D eigenvalue weighted by Crippen LogP contribution is 2.22. The number of aromatic nitrogens is 3. The van der Waals surface area contributed by atoms with Gasteiger partial charge >= 0.3 is 0 Å². The number of imidazole rings is 1. The van der Waals surface area contributed by atoms with E-state index < -0.39 is 0 Å². The zero-order valence-corrected chi connectivity index (χ0v) is 17.9. The van der Waals surface area contributed by atoms with Crippen molar-refractivity contribution in [1.29, 1.82) is 0 Å². The number of hydrogen-bond donors (Lipinski definition) is 0. The Morgan fingerprint density at radius 1 is 1.09 bits per heavy atom. The van der Waals surface area contributed by atoms with Crippen molar-refractivity contribution >= 4 is 23.1 Å². The Kier molecular flexibility index (Phi) is 5.24. The summed E-state index contributed by atoms with van der Waals surface area (Å²) in [5.41, 5.74) is 3.55. The molecule has 2 aromatic carbocycles. The molecule has 1 aliphatic heterocycles. The van der Waals surface area contributed by atoms with E-state index in [1.165, 1.54) is 6.07 Å². The van der Waals surface area contributed by atoms with E-state index in [9.17, 15) is 14.9 Å². The van der Waals surface area contributed by atoms with Crippen LogP contribution < -0.4 is 5.56 Å². The largest absolute Gasteiger partial charge is 0.294 e. The molecule has 0 bridgehead atoms. The van der Waals surface area contributed by atoms with Crippen LogP contribution in [0.25, 0.3) is 5.78 Å². The van der Waals surface area contributed by atoms with Gasteiger partial charge in [-0.1, -0.05) is 35.9 Å². The Labute approximate surface area is 188 Å². The fourth-order valence-electron chi connectivity index (χ4n) is 4.30. The number of nitrogens with zero attached hydrogens (tertiary/aromatic N) is 5. The zero-order valence-electron chi connectivity index (χ0n) is 17.1. The first-order chi connectivity index (χ1) is 15.5. The Morgan fingerprint density at radius 3 is 2.69 bits per heavy atom. The van der Waals surface area contributed by atoms with Crippen molar-refractivity contribution in [2.24, 2.45) is 0 Å². The Hall–Kier alpha value is -3.49. The highest BCUT2D eigenvalue weighted by Gasteiger charge is 2.24. The lowest BCUT2D eigenvalue weighted by Crippen LogP contribution is -2.38. The lowest BCUT2D eigenvalue weighted by molar-refractivity contribution is -0.384. The fraction of sp³-hybridized carbons (Fsp3) is 0.217. The van der Waals surface area contributed by atoms with Gasteiger partial charge in [0, 0.05) is 61.3 Å². The summed E-state index contributed by atoms with van der Waals surface area (Å²) in [7, 11) is 0. The molecule has 1 aliphatic rings. The number of non-ortho nitro benzene ring substituents is 1. The maximum absolute atomic E-state index is 13.5. The number of rotatable bonds is 5. The van der Waals surface area contributed by atoms with E-state index in [1.807, 2.05) is 40.9 Å². The molecule has 3 heterocycles. The molecule has 4 aromatic rings. The van der Waals surface area contributed by atoms with Gasteiger partial charge in [-0.2, -0.15) is 0 Å². The SMILES string of the molecule is O=c1c2c(n3ccnc3n1Cc1ccc(Cl)cc1)CCN(Cc1cccc([N+](=O)[O-])c1)C2. The third-order valence-corrected chi connectivity index (χ3v) is 6.09. The molecule has 9 heteroatoms. The van der Waals surface area contributed by atoms with E-state index >= 15 is 0 Å². The van der Waals surface area contributed by atoms with Crippen LogP contribution in [-0.4, -0.2) is 30.3 Å². The first kappa shape index (κ1) is 20.4. The number of nitro benzene ring substituents is 1. The summed E-state index contributed by atoms with van der Waals surface area (Å²) in [6, 6.07) is 14.1. The highest BCUT2D eigenvalue weighted by atomic mass is 35.5. The molecule has 8 nitrogen and oxygen atoms in total. The summed E-state index contributed by atoms with van der Waals surface area (Å²) in [6.45, 7) is 2.17. The second-order valence-electron chi connectivity index (χ2n) is 7.93. The normalized spacial score (nSPS) is 13.9. The standard InChI is InChI=1S/C23H20ClN5O3/c24-18-6-4-16(5-7-18)14-28-22(30)20-15-26(10-8-21(20)27-11-9-25-23(27)28)13-17-2-1-3-19(12-17)29(31)32/h1-7,9,11-12H,8,10,13-15H2. The summed E-state index contributed by atoms with van der Waals surface area (Å²) >= 11 is 6.00. The molecule has 0 aliphatic carbocycles. The van der Waals surface area contributed by atoms with E-state index in [4.69, 9.17) is 11.6 Å². The molecule has 32 heavy (non-hydrogen) atoms. The molecule has 0 N–H and O–H groups in total. The zero-order chi connectivity index (χ0) is 22.2. The van der Waals surface area contributed by atoms with Gasteiger partial charge in [-0.3, -0.25) is 28.8 Å². The maximum Gasteiger partial charge on any atom is 0.269 e. The molecule has 0 radical (unpaired) electrons. The van der Waals surface area contributed by atoms with Crippen LogP contribution in [-0.2, 0) is 26.1 Å². The van der Waals surface area contributed by atoms with Gasteiger partial charge in [-0.15, -0.1) is 0 Å². The molecular formula is C23H20ClN5O3. The van der Waals surface area contributed by atoms with Crippen LogP contribution >= 0.6 is 11.6 Å². The lowest BCUT2D eigenvalue weighted by Gasteiger charge is -2.29. The van der Waals surface area contributed by atoms with E-state index in [0.717, 1.165) is 28.9 Å². The molecule has 0 saturated heterocycles. The number of halogens is 1. The van der Waals surface area contributed by atoms with Crippen LogP contribution in [0.3, 0.4) is 0 Å². The fourth-order valence-corrected chi connectivity index (χ4v) is 4.43. The van der Waals surface area contributed by atoms with Gasteiger partial charge in [0.05, 0.1) is 17.0 Å². The van der Waals surface area contributed by atoms with Crippen LogP contribution in [0.15, 0.2) is 65.7 Å². The van der Waals surface area contributed by atoms with Gasteiger partial charge in [0.1, 0.15) is 0 Å². The first-order valence-corrected chi connectivity index (χ1v) is 10.6. The molecule has 0 spiro atoms. The summed E-state index contributed by atoms with van der Waals surface area (Å²) in [6.07, 6.45) is 4.30. The summed E-state index contributed by atoms with van der Waals surface area (Å²) in [5, 5.41) is 11.7. The van der Waals surface area contributed by atoms with Crippen molar-refractivity contribution in [1.82, 2.24) is 18.9 Å². The second kappa shape index (κ2) is 8.22. The Balaban J connectivity index is 1.49. The third-order valence-electron chi connectivity index (χ3n) is 5.83. The van der Waals surface area contributed by atoms with Crippen LogP contribution in [0, 0.1) is 10.1 Å². The average Bonchev–Trinajstić information content (AvgIpc) is 3.28. The highest BCUT2D eigenvalue weighted by molar-refractivity contribution is 6.30. The van der Waals surface area contributed by atoms with Gasteiger partial charge in [0.25, 0.3) is 11.2 Å². The molecule has 5 rings (SSSR count). The van der Waals surface area contributed by atoms with Crippen LogP contribution in [0.5, 0.6) is 0 Å². The molecule has 0 atom stereocenters.